The standard InChI is InChI=1S/C13H12F2N2O2/c1-8-2-4-9(5-3-8)6-11-16-12(19-17-11)7-10(18)13(14)15/h2-5,13H,6-7H2,1H3. The fourth-order valence-electron chi connectivity index (χ4n) is 1.55. The summed E-state index contributed by atoms with van der Waals surface area (Å²) in [5, 5.41) is 3.66. The molecule has 1 heterocycles. The Hall–Kier alpha value is -2.11. The van der Waals surface area contributed by atoms with E-state index in [2.05, 4.69) is 10.1 Å². The van der Waals surface area contributed by atoms with Gasteiger partial charge in [0.05, 0.1) is 6.42 Å². The van der Waals surface area contributed by atoms with Gasteiger partial charge in [-0.15, -0.1) is 0 Å². The number of alkyl halides is 2. The molecule has 0 aliphatic rings. The van der Waals surface area contributed by atoms with E-state index in [4.69, 9.17) is 4.52 Å². The van der Waals surface area contributed by atoms with Crippen LogP contribution in [0.2, 0.25) is 0 Å². The number of aromatic nitrogens is 2. The van der Waals surface area contributed by atoms with Crippen molar-refractivity contribution in [1.82, 2.24) is 10.1 Å². The molecule has 0 saturated heterocycles. The zero-order valence-corrected chi connectivity index (χ0v) is 10.3. The molecule has 1 aromatic carbocycles. The maximum atomic E-state index is 12.1. The highest BCUT2D eigenvalue weighted by Crippen LogP contribution is 2.09. The van der Waals surface area contributed by atoms with Crippen LogP contribution < -0.4 is 0 Å². The first-order valence-electron chi connectivity index (χ1n) is 5.72. The third-order valence-corrected chi connectivity index (χ3v) is 2.56. The monoisotopic (exact) mass is 266 g/mol. The van der Waals surface area contributed by atoms with E-state index in [-0.39, 0.29) is 5.89 Å². The van der Waals surface area contributed by atoms with Crippen LogP contribution in [0.1, 0.15) is 22.8 Å². The minimum absolute atomic E-state index is 0.0765. The fraction of sp³-hybridized carbons (Fsp3) is 0.308. The summed E-state index contributed by atoms with van der Waals surface area (Å²) < 4.78 is 28.9. The fourth-order valence-corrected chi connectivity index (χ4v) is 1.55. The van der Waals surface area contributed by atoms with Gasteiger partial charge in [0.2, 0.25) is 11.7 Å². The third-order valence-electron chi connectivity index (χ3n) is 2.56. The van der Waals surface area contributed by atoms with E-state index in [1.165, 1.54) is 0 Å². The Morgan fingerprint density at radius 2 is 2.00 bits per heavy atom. The van der Waals surface area contributed by atoms with Crippen LogP contribution in [0.4, 0.5) is 8.78 Å². The molecule has 0 spiro atoms. The molecule has 0 aliphatic heterocycles. The summed E-state index contributed by atoms with van der Waals surface area (Å²) in [6, 6.07) is 7.76. The zero-order valence-electron chi connectivity index (χ0n) is 10.3. The number of ketones is 1. The number of Topliss-reactive ketones (excluding diaryl/α,β-unsaturated/α-hetero) is 1. The number of halogens is 2. The number of carbonyl (C=O) groups excluding carboxylic acids is 1. The average Bonchev–Trinajstić information content (AvgIpc) is 2.79. The lowest BCUT2D eigenvalue weighted by Crippen LogP contribution is -2.13. The Balaban J connectivity index is 2.01. The van der Waals surface area contributed by atoms with Crippen LogP contribution in [0.5, 0.6) is 0 Å². The van der Waals surface area contributed by atoms with Gasteiger partial charge in [0.25, 0.3) is 6.43 Å². The van der Waals surface area contributed by atoms with Crippen LogP contribution in [0.25, 0.3) is 0 Å². The smallest absolute Gasteiger partial charge is 0.296 e. The maximum Gasteiger partial charge on any atom is 0.296 e. The number of hydrogen-bond acceptors (Lipinski definition) is 4. The van der Waals surface area contributed by atoms with E-state index in [1.54, 1.807) is 0 Å². The van der Waals surface area contributed by atoms with E-state index >= 15 is 0 Å². The highest BCUT2D eigenvalue weighted by molar-refractivity contribution is 5.82. The van der Waals surface area contributed by atoms with Crippen molar-refractivity contribution in [3.63, 3.8) is 0 Å². The lowest BCUT2D eigenvalue weighted by Gasteiger charge is -1.97. The van der Waals surface area contributed by atoms with Gasteiger partial charge < -0.3 is 4.52 Å². The minimum atomic E-state index is -3.01. The largest absolute Gasteiger partial charge is 0.339 e. The van der Waals surface area contributed by atoms with Crippen LogP contribution in [-0.2, 0) is 17.6 Å². The number of nitrogens with zero attached hydrogens (tertiary/aromatic N) is 2. The second-order valence-electron chi connectivity index (χ2n) is 4.21. The third kappa shape index (κ3) is 3.67. The van der Waals surface area contributed by atoms with Gasteiger partial charge in [0, 0.05) is 6.42 Å². The van der Waals surface area contributed by atoms with E-state index < -0.39 is 18.6 Å². The van der Waals surface area contributed by atoms with Crippen molar-refractivity contribution >= 4 is 5.78 Å². The summed E-state index contributed by atoms with van der Waals surface area (Å²) in [4.78, 5) is 14.8. The molecule has 2 rings (SSSR count). The van der Waals surface area contributed by atoms with Crippen LogP contribution in [0, 0.1) is 6.92 Å². The number of benzene rings is 1. The molecule has 100 valence electrons. The number of aryl methyl sites for hydroxylation is 1. The lowest BCUT2D eigenvalue weighted by molar-refractivity contribution is -0.129. The Bertz CT molecular complexity index is 564. The number of rotatable bonds is 5. The van der Waals surface area contributed by atoms with Crippen LogP contribution in [-0.4, -0.2) is 22.3 Å². The van der Waals surface area contributed by atoms with Gasteiger partial charge in [-0.1, -0.05) is 35.0 Å². The normalized spacial score (nSPS) is 10.9. The van der Waals surface area contributed by atoms with Gasteiger partial charge in [-0.2, -0.15) is 4.98 Å². The summed E-state index contributed by atoms with van der Waals surface area (Å²) in [6.45, 7) is 1.98. The average molecular weight is 266 g/mol. The van der Waals surface area contributed by atoms with Gasteiger partial charge in [-0.05, 0) is 12.5 Å². The van der Waals surface area contributed by atoms with E-state index in [0.29, 0.717) is 12.2 Å². The predicted octanol–water partition coefficient (Wildman–Crippen LogP) is 2.35. The molecule has 2 aromatic rings. The number of hydrogen-bond donors (Lipinski definition) is 0. The lowest BCUT2D eigenvalue weighted by atomic mass is 10.1. The second-order valence-corrected chi connectivity index (χ2v) is 4.21. The summed E-state index contributed by atoms with van der Waals surface area (Å²) in [5.41, 5.74) is 2.12. The molecule has 0 radical (unpaired) electrons. The molecule has 0 unspecified atom stereocenters. The quantitative estimate of drug-likeness (QED) is 0.833. The van der Waals surface area contributed by atoms with Crippen molar-refractivity contribution in [3.05, 3.63) is 47.1 Å². The van der Waals surface area contributed by atoms with E-state index in [1.807, 2.05) is 31.2 Å². The van der Waals surface area contributed by atoms with Crippen molar-refractivity contribution in [1.29, 1.82) is 0 Å². The highest BCUT2D eigenvalue weighted by Gasteiger charge is 2.19. The predicted molar refractivity (Wildman–Crippen MR) is 63.0 cm³/mol. The molecule has 6 heteroatoms. The van der Waals surface area contributed by atoms with Gasteiger partial charge in [0.15, 0.2) is 5.82 Å². The van der Waals surface area contributed by atoms with Crippen LogP contribution >= 0.6 is 0 Å². The van der Waals surface area contributed by atoms with Crippen molar-refractivity contribution in [2.24, 2.45) is 0 Å². The van der Waals surface area contributed by atoms with Gasteiger partial charge in [-0.3, -0.25) is 4.79 Å². The molecule has 0 amide bonds. The topological polar surface area (TPSA) is 56.0 Å². The minimum Gasteiger partial charge on any atom is -0.339 e. The Kier molecular flexibility index (Phi) is 3.99. The van der Waals surface area contributed by atoms with E-state index in [9.17, 15) is 13.6 Å². The summed E-state index contributed by atoms with van der Waals surface area (Å²) in [5.74, 6) is -0.918. The molecule has 0 N–H and O–H groups in total. The zero-order chi connectivity index (χ0) is 13.8. The summed E-state index contributed by atoms with van der Waals surface area (Å²) in [6.07, 6.45) is -3.10. The molecular formula is C13H12F2N2O2. The van der Waals surface area contributed by atoms with Gasteiger partial charge in [-0.25, -0.2) is 8.78 Å². The Morgan fingerprint density at radius 3 is 2.63 bits per heavy atom. The van der Waals surface area contributed by atoms with Crippen molar-refractivity contribution in [3.8, 4) is 0 Å². The Morgan fingerprint density at radius 1 is 1.32 bits per heavy atom. The van der Waals surface area contributed by atoms with Crippen molar-refractivity contribution in [2.75, 3.05) is 0 Å². The molecule has 0 saturated carbocycles. The van der Waals surface area contributed by atoms with E-state index in [0.717, 1.165) is 11.1 Å². The Labute approximate surface area is 108 Å². The molecule has 1 aromatic heterocycles. The van der Waals surface area contributed by atoms with Crippen molar-refractivity contribution < 1.29 is 18.1 Å². The first-order chi connectivity index (χ1) is 9.04. The van der Waals surface area contributed by atoms with Crippen LogP contribution in [0.3, 0.4) is 0 Å². The SMILES string of the molecule is Cc1ccc(Cc2noc(CC(=O)C(F)F)n2)cc1. The number of carbonyl (C=O) groups is 1. The molecular weight excluding hydrogens is 254 g/mol. The molecule has 0 bridgehead atoms. The van der Waals surface area contributed by atoms with Crippen molar-refractivity contribution in [2.45, 2.75) is 26.2 Å². The summed E-state index contributed by atoms with van der Waals surface area (Å²) >= 11 is 0. The molecule has 4 nitrogen and oxygen atoms in total. The molecule has 0 fully saturated rings. The second kappa shape index (κ2) is 5.69. The van der Waals surface area contributed by atoms with Gasteiger partial charge >= 0.3 is 0 Å². The van der Waals surface area contributed by atoms with Gasteiger partial charge in [0.1, 0.15) is 0 Å². The maximum absolute atomic E-state index is 12.1. The first kappa shape index (κ1) is 13.3. The molecule has 19 heavy (non-hydrogen) atoms. The molecule has 0 aliphatic carbocycles. The molecule has 0 atom stereocenters. The summed E-state index contributed by atoms with van der Waals surface area (Å²) in [7, 11) is 0. The highest BCUT2D eigenvalue weighted by atomic mass is 19.3. The van der Waals surface area contributed by atoms with Crippen LogP contribution in [0.15, 0.2) is 28.8 Å². The first-order valence-corrected chi connectivity index (χ1v) is 5.72.